The first kappa shape index (κ1) is 26.5. The minimum Gasteiger partial charge on any atom is -0.301 e. The van der Waals surface area contributed by atoms with Crippen molar-refractivity contribution < 1.29 is 4.79 Å². The van der Waals surface area contributed by atoms with Crippen molar-refractivity contribution in [3.05, 3.63) is 96.0 Å². The molecular formula is C28H22Cl2N4O2S3. The number of hydrogen-bond acceptors (Lipinski definition) is 7. The highest BCUT2D eigenvalue weighted by Crippen LogP contribution is 2.35. The molecule has 3 aromatic heterocycles. The average molecular weight is 614 g/mol. The van der Waals surface area contributed by atoms with Crippen LogP contribution in [0.2, 0.25) is 10.0 Å². The maximum atomic E-state index is 13.8. The van der Waals surface area contributed by atoms with Gasteiger partial charge in [-0.1, -0.05) is 53.2 Å². The summed E-state index contributed by atoms with van der Waals surface area (Å²) in [7, 11) is 0. The topological polar surface area (TPSA) is 76.9 Å². The highest BCUT2D eigenvalue weighted by Gasteiger charge is 2.23. The van der Waals surface area contributed by atoms with Gasteiger partial charge >= 0.3 is 0 Å². The summed E-state index contributed by atoms with van der Waals surface area (Å²) >= 11 is 16.6. The van der Waals surface area contributed by atoms with Crippen LogP contribution in [-0.4, -0.2) is 26.2 Å². The Morgan fingerprint density at radius 1 is 1.08 bits per heavy atom. The maximum absolute atomic E-state index is 13.8. The molecule has 39 heavy (non-hydrogen) atoms. The third-order valence-electron chi connectivity index (χ3n) is 6.48. The van der Waals surface area contributed by atoms with Gasteiger partial charge in [-0.3, -0.25) is 14.2 Å². The van der Waals surface area contributed by atoms with Crippen molar-refractivity contribution in [2.24, 2.45) is 0 Å². The van der Waals surface area contributed by atoms with Gasteiger partial charge in [0.05, 0.1) is 16.8 Å². The van der Waals surface area contributed by atoms with Crippen LogP contribution in [-0.2, 0) is 24.1 Å². The lowest BCUT2D eigenvalue weighted by Crippen LogP contribution is -2.23. The average Bonchev–Trinajstić information content (AvgIpc) is 3.54. The van der Waals surface area contributed by atoms with Crippen LogP contribution in [0.4, 0.5) is 5.13 Å². The van der Waals surface area contributed by atoms with Crippen LogP contribution in [0.3, 0.4) is 0 Å². The van der Waals surface area contributed by atoms with Crippen LogP contribution in [0.15, 0.2) is 64.7 Å². The summed E-state index contributed by atoms with van der Waals surface area (Å²) in [5, 5.41) is 5.85. The Balaban J connectivity index is 1.22. The van der Waals surface area contributed by atoms with E-state index in [1.807, 2.05) is 36.4 Å². The lowest BCUT2D eigenvalue weighted by Gasteiger charge is -2.13. The van der Waals surface area contributed by atoms with Crippen LogP contribution >= 0.6 is 57.6 Å². The Morgan fingerprint density at radius 3 is 2.74 bits per heavy atom. The van der Waals surface area contributed by atoms with Gasteiger partial charge in [0.15, 0.2) is 10.3 Å². The number of para-hydroxylation sites is 1. The number of amides is 1. The third-order valence-corrected chi connectivity index (χ3v) is 10.1. The first-order chi connectivity index (χ1) is 19.0. The van der Waals surface area contributed by atoms with E-state index >= 15 is 0 Å². The molecule has 0 spiro atoms. The number of rotatable bonds is 7. The van der Waals surface area contributed by atoms with Gasteiger partial charge in [0.25, 0.3) is 5.56 Å². The number of aryl methyl sites for hydroxylation is 2. The van der Waals surface area contributed by atoms with Crippen molar-refractivity contribution >= 4 is 78.9 Å². The van der Waals surface area contributed by atoms with Crippen LogP contribution in [0, 0.1) is 0 Å². The molecule has 1 N–H and O–H groups in total. The summed E-state index contributed by atoms with van der Waals surface area (Å²) in [5.74, 6) is -0.133. The number of thiazole rings is 1. The number of fused-ring (bicyclic) bond motifs is 3. The molecule has 0 unspecified atom stereocenters. The molecule has 1 aliphatic carbocycles. The second-order valence-corrected chi connectivity index (χ2v) is 13.1. The molecule has 0 saturated heterocycles. The molecule has 11 heteroatoms. The minimum absolute atomic E-state index is 0.0715. The number of thioether (sulfide) groups is 1. The van der Waals surface area contributed by atoms with Gasteiger partial charge < -0.3 is 5.32 Å². The van der Waals surface area contributed by atoms with Crippen molar-refractivity contribution in [3.63, 3.8) is 0 Å². The molecule has 0 atom stereocenters. The standard InChI is InChI=1S/C28H22Cl2N4O2S3/c29-17-10-11-21(30)16(12-17)13-19-14-31-27(38-19)32-23(35)15-37-28-33-25-24(20-8-4-5-9-22(20)39-25)26(36)34(28)18-6-2-1-3-7-18/h1-3,6-7,10-12,14H,4-5,8-9,13,15H2,(H,31,32,35). The van der Waals surface area contributed by atoms with Crippen molar-refractivity contribution in [1.82, 2.24) is 14.5 Å². The Morgan fingerprint density at radius 2 is 1.90 bits per heavy atom. The number of anilines is 1. The zero-order valence-corrected chi connectivity index (χ0v) is 24.5. The van der Waals surface area contributed by atoms with E-state index in [4.69, 9.17) is 28.2 Å². The Labute approximate surface area is 247 Å². The number of benzene rings is 2. The molecular weight excluding hydrogens is 591 g/mol. The summed E-state index contributed by atoms with van der Waals surface area (Å²) in [4.78, 5) is 38.9. The van der Waals surface area contributed by atoms with E-state index in [2.05, 4.69) is 10.3 Å². The van der Waals surface area contributed by atoms with E-state index in [-0.39, 0.29) is 17.2 Å². The lowest BCUT2D eigenvalue weighted by atomic mass is 9.97. The molecule has 1 aliphatic rings. The van der Waals surface area contributed by atoms with Gasteiger partial charge in [-0.15, -0.1) is 22.7 Å². The molecule has 2 aromatic carbocycles. The zero-order valence-electron chi connectivity index (χ0n) is 20.6. The number of thiophene rings is 1. The molecule has 6 nitrogen and oxygen atoms in total. The first-order valence-corrected chi connectivity index (χ1v) is 15.8. The van der Waals surface area contributed by atoms with Crippen LogP contribution in [0.5, 0.6) is 0 Å². The molecule has 0 aliphatic heterocycles. The summed E-state index contributed by atoms with van der Waals surface area (Å²) in [6, 6.07) is 14.8. The predicted molar refractivity (Wildman–Crippen MR) is 163 cm³/mol. The first-order valence-electron chi connectivity index (χ1n) is 12.4. The minimum atomic E-state index is -0.221. The molecule has 198 valence electrons. The summed E-state index contributed by atoms with van der Waals surface area (Å²) in [6.45, 7) is 0. The third kappa shape index (κ3) is 5.64. The van der Waals surface area contributed by atoms with E-state index in [9.17, 15) is 9.59 Å². The SMILES string of the molecule is O=C(CSc1nc2sc3c(c2c(=O)n1-c1ccccc1)CCCC3)Nc1ncc(Cc2cc(Cl)ccc2Cl)s1. The molecule has 6 rings (SSSR count). The Kier molecular flexibility index (Phi) is 7.77. The fraction of sp³-hybridized carbons (Fsp3) is 0.214. The van der Waals surface area contributed by atoms with Crippen LogP contribution < -0.4 is 10.9 Å². The number of carbonyl (C=O) groups is 1. The monoisotopic (exact) mass is 612 g/mol. The summed E-state index contributed by atoms with van der Waals surface area (Å²) < 4.78 is 1.64. The number of hydrogen-bond donors (Lipinski definition) is 1. The van der Waals surface area contributed by atoms with Crippen molar-refractivity contribution in [2.45, 2.75) is 37.3 Å². The van der Waals surface area contributed by atoms with E-state index in [1.54, 1.807) is 34.2 Å². The maximum Gasteiger partial charge on any atom is 0.267 e. The van der Waals surface area contributed by atoms with E-state index in [0.717, 1.165) is 57.6 Å². The number of aromatic nitrogens is 3. The summed E-state index contributed by atoms with van der Waals surface area (Å²) in [6.07, 6.45) is 6.43. The molecule has 3 heterocycles. The number of halogens is 2. The van der Waals surface area contributed by atoms with Gasteiger partial charge in [0.1, 0.15) is 4.83 Å². The van der Waals surface area contributed by atoms with Crippen molar-refractivity contribution in [1.29, 1.82) is 0 Å². The Hall–Kier alpha value is -2.69. The van der Waals surface area contributed by atoms with E-state index in [0.29, 0.717) is 26.8 Å². The summed E-state index contributed by atoms with van der Waals surface area (Å²) in [5.41, 5.74) is 2.71. The quantitative estimate of drug-likeness (QED) is 0.153. The van der Waals surface area contributed by atoms with Crippen molar-refractivity contribution in [2.75, 3.05) is 11.1 Å². The highest BCUT2D eigenvalue weighted by molar-refractivity contribution is 7.99. The fourth-order valence-corrected chi connectivity index (χ4v) is 8.03. The predicted octanol–water partition coefficient (Wildman–Crippen LogP) is 7.41. The van der Waals surface area contributed by atoms with Crippen LogP contribution in [0.1, 0.15) is 33.7 Å². The molecule has 5 aromatic rings. The smallest absolute Gasteiger partial charge is 0.267 e. The molecule has 0 fully saturated rings. The normalized spacial score (nSPS) is 13.0. The second kappa shape index (κ2) is 11.4. The van der Waals surface area contributed by atoms with Gasteiger partial charge in [-0.05, 0) is 67.1 Å². The van der Waals surface area contributed by atoms with Gasteiger partial charge in [-0.2, -0.15) is 0 Å². The largest absolute Gasteiger partial charge is 0.301 e. The van der Waals surface area contributed by atoms with Gasteiger partial charge in [0.2, 0.25) is 5.91 Å². The van der Waals surface area contributed by atoms with Gasteiger partial charge in [-0.25, -0.2) is 9.97 Å². The van der Waals surface area contributed by atoms with Gasteiger partial charge in [0, 0.05) is 32.4 Å². The number of nitrogens with zero attached hydrogens (tertiary/aromatic N) is 3. The lowest BCUT2D eigenvalue weighted by molar-refractivity contribution is -0.113. The van der Waals surface area contributed by atoms with Crippen LogP contribution in [0.25, 0.3) is 15.9 Å². The molecule has 0 bridgehead atoms. The Bertz CT molecular complexity index is 1750. The fourth-order valence-electron chi connectivity index (χ4n) is 4.69. The number of carbonyl (C=O) groups excluding carboxylic acids is 1. The van der Waals surface area contributed by atoms with E-state index < -0.39 is 0 Å². The van der Waals surface area contributed by atoms with E-state index in [1.165, 1.54) is 28.0 Å². The molecule has 1 amide bonds. The second-order valence-electron chi connectivity index (χ2n) is 9.14. The molecule has 0 radical (unpaired) electrons. The highest BCUT2D eigenvalue weighted by atomic mass is 35.5. The zero-order chi connectivity index (χ0) is 26.9. The number of nitrogens with one attached hydrogen (secondary N) is 1. The molecule has 0 saturated carbocycles. The van der Waals surface area contributed by atoms with Crippen molar-refractivity contribution in [3.8, 4) is 5.69 Å².